The number of carbonyl (C=O) groups is 1. The van der Waals surface area contributed by atoms with Crippen LogP contribution in [0.15, 0.2) is 18.2 Å². The lowest BCUT2D eigenvalue weighted by atomic mass is 10.1. The average Bonchev–Trinajstić information content (AvgIpc) is 2.31. The third kappa shape index (κ3) is 4.14. The molecule has 0 aliphatic heterocycles. The second kappa shape index (κ2) is 6.82. The van der Waals surface area contributed by atoms with E-state index in [2.05, 4.69) is 0 Å². The lowest BCUT2D eigenvalue weighted by Gasteiger charge is -2.27. The first-order chi connectivity index (χ1) is 8.84. The van der Waals surface area contributed by atoms with Crippen LogP contribution in [0.5, 0.6) is 0 Å². The molecule has 3 nitrogen and oxygen atoms in total. The molecule has 0 radical (unpaired) electrons. The minimum Gasteiger partial charge on any atom is -0.393 e. The van der Waals surface area contributed by atoms with Crippen molar-refractivity contribution in [2.75, 3.05) is 6.54 Å². The van der Waals surface area contributed by atoms with E-state index in [1.807, 2.05) is 13.8 Å². The predicted molar refractivity (Wildman–Crippen MR) is 79.0 cm³/mol. The van der Waals surface area contributed by atoms with Crippen molar-refractivity contribution >= 4 is 34.7 Å². The summed E-state index contributed by atoms with van der Waals surface area (Å²) in [5.41, 5.74) is 5.39. The van der Waals surface area contributed by atoms with E-state index in [1.54, 1.807) is 6.07 Å². The van der Waals surface area contributed by atoms with E-state index in [0.717, 1.165) is 0 Å². The fraction of sp³-hybridized carbons (Fsp3) is 0.385. The van der Waals surface area contributed by atoms with Crippen molar-refractivity contribution in [3.05, 3.63) is 34.6 Å². The zero-order chi connectivity index (χ0) is 14.6. The first kappa shape index (κ1) is 15.9. The molecule has 0 spiro atoms. The summed E-state index contributed by atoms with van der Waals surface area (Å²) in [7, 11) is 0. The quantitative estimate of drug-likeness (QED) is 0.851. The molecule has 1 aromatic carbocycles. The Morgan fingerprint density at radius 2 is 2.16 bits per heavy atom. The highest BCUT2D eigenvalue weighted by Gasteiger charge is 2.22. The van der Waals surface area contributed by atoms with Crippen LogP contribution in [-0.4, -0.2) is 28.4 Å². The number of nitrogens with two attached hydrogens (primary N) is 1. The van der Waals surface area contributed by atoms with Gasteiger partial charge in [-0.05, 0) is 26.0 Å². The number of nitrogens with zero attached hydrogens (tertiary/aromatic N) is 1. The molecule has 104 valence electrons. The van der Waals surface area contributed by atoms with Gasteiger partial charge in [0, 0.05) is 19.0 Å². The standard InChI is InChI=1S/C13H16ClFN2OS/c1-8(2)17(7-6-11(16)19)13(18)9-4-3-5-10(14)12(9)15/h3-5,8H,6-7H2,1-2H3,(H2,16,19). The number of halogens is 2. The van der Waals surface area contributed by atoms with Gasteiger partial charge in [0.15, 0.2) is 5.82 Å². The van der Waals surface area contributed by atoms with Crippen molar-refractivity contribution in [1.29, 1.82) is 0 Å². The molecule has 2 N–H and O–H groups in total. The first-order valence-corrected chi connectivity index (χ1v) is 6.66. The summed E-state index contributed by atoms with van der Waals surface area (Å²) in [6.45, 7) is 4.05. The van der Waals surface area contributed by atoms with Crippen molar-refractivity contribution in [3.8, 4) is 0 Å². The predicted octanol–water partition coefficient (Wildman–Crippen LogP) is 3.01. The van der Waals surface area contributed by atoms with Crippen molar-refractivity contribution in [1.82, 2.24) is 4.90 Å². The SMILES string of the molecule is CC(C)N(CCC(N)=S)C(=O)c1cccc(Cl)c1F. The molecular weight excluding hydrogens is 287 g/mol. The molecule has 0 saturated carbocycles. The Labute approximate surface area is 122 Å². The van der Waals surface area contributed by atoms with Crippen LogP contribution in [-0.2, 0) is 0 Å². The molecule has 0 aromatic heterocycles. The van der Waals surface area contributed by atoms with Gasteiger partial charge < -0.3 is 10.6 Å². The van der Waals surface area contributed by atoms with Crippen molar-refractivity contribution < 1.29 is 9.18 Å². The van der Waals surface area contributed by atoms with Gasteiger partial charge in [0.1, 0.15) is 0 Å². The Morgan fingerprint density at radius 1 is 1.53 bits per heavy atom. The smallest absolute Gasteiger partial charge is 0.257 e. The molecular formula is C13H16ClFN2OS. The fourth-order valence-electron chi connectivity index (χ4n) is 1.65. The molecule has 0 heterocycles. The number of hydrogen-bond donors (Lipinski definition) is 1. The molecule has 6 heteroatoms. The third-order valence-electron chi connectivity index (χ3n) is 2.67. The number of amides is 1. The second-order valence-electron chi connectivity index (χ2n) is 4.41. The lowest BCUT2D eigenvalue weighted by molar-refractivity contribution is 0.0707. The lowest BCUT2D eigenvalue weighted by Crippen LogP contribution is -2.39. The minimum atomic E-state index is -0.699. The summed E-state index contributed by atoms with van der Waals surface area (Å²) in [4.78, 5) is 14.2. The molecule has 0 saturated heterocycles. The van der Waals surface area contributed by atoms with Gasteiger partial charge in [0.2, 0.25) is 0 Å². The highest BCUT2D eigenvalue weighted by atomic mass is 35.5. The van der Waals surface area contributed by atoms with Gasteiger partial charge in [-0.1, -0.05) is 29.9 Å². The molecule has 0 fully saturated rings. The molecule has 0 aliphatic carbocycles. The maximum atomic E-state index is 13.8. The van der Waals surface area contributed by atoms with Gasteiger partial charge in [-0.2, -0.15) is 0 Å². The van der Waals surface area contributed by atoms with Gasteiger partial charge in [-0.25, -0.2) is 4.39 Å². The normalized spacial score (nSPS) is 10.6. The number of benzene rings is 1. The molecule has 0 atom stereocenters. The molecule has 0 aliphatic rings. The summed E-state index contributed by atoms with van der Waals surface area (Å²) in [5, 5.41) is -0.0658. The number of hydrogen-bond acceptors (Lipinski definition) is 2. The van der Waals surface area contributed by atoms with E-state index < -0.39 is 11.7 Å². The van der Waals surface area contributed by atoms with Crippen molar-refractivity contribution in [2.45, 2.75) is 26.3 Å². The van der Waals surface area contributed by atoms with Crippen LogP contribution in [0, 0.1) is 5.82 Å². The Bertz CT molecular complexity index is 494. The van der Waals surface area contributed by atoms with Crippen LogP contribution < -0.4 is 5.73 Å². The van der Waals surface area contributed by atoms with Gasteiger partial charge in [0.05, 0.1) is 15.6 Å². The maximum Gasteiger partial charge on any atom is 0.257 e. The van der Waals surface area contributed by atoms with Crippen LogP contribution in [0.25, 0.3) is 0 Å². The van der Waals surface area contributed by atoms with Crippen molar-refractivity contribution in [3.63, 3.8) is 0 Å². The largest absolute Gasteiger partial charge is 0.393 e. The Kier molecular flexibility index (Phi) is 5.69. The minimum absolute atomic E-state index is 0.0378. The molecule has 0 unspecified atom stereocenters. The van der Waals surface area contributed by atoms with E-state index in [-0.39, 0.29) is 16.6 Å². The fourth-order valence-corrected chi connectivity index (χ4v) is 1.91. The molecule has 1 aromatic rings. The summed E-state index contributed by atoms with van der Waals surface area (Å²) in [6, 6.07) is 4.28. The van der Waals surface area contributed by atoms with E-state index in [9.17, 15) is 9.18 Å². The zero-order valence-corrected chi connectivity index (χ0v) is 12.4. The van der Waals surface area contributed by atoms with Crippen LogP contribution in [0.2, 0.25) is 5.02 Å². The van der Waals surface area contributed by atoms with Crippen LogP contribution in [0.3, 0.4) is 0 Å². The Hall–Kier alpha value is -1.20. The van der Waals surface area contributed by atoms with Gasteiger partial charge in [0.25, 0.3) is 5.91 Å². The van der Waals surface area contributed by atoms with E-state index in [1.165, 1.54) is 17.0 Å². The molecule has 19 heavy (non-hydrogen) atoms. The van der Waals surface area contributed by atoms with Gasteiger partial charge >= 0.3 is 0 Å². The second-order valence-corrected chi connectivity index (χ2v) is 5.34. The van der Waals surface area contributed by atoms with E-state index >= 15 is 0 Å². The number of rotatable bonds is 5. The highest BCUT2D eigenvalue weighted by Crippen LogP contribution is 2.20. The molecule has 1 amide bonds. The van der Waals surface area contributed by atoms with E-state index in [4.69, 9.17) is 29.6 Å². The Balaban J connectivity index is 2.99. The number of carbonyl (C=O) groups excluding carboxylic acids is 1. The summed E-state index contributed by atoms with van der Waals surface area (Å²) in [5.74, 6) is -1.11. The molecule has 0 bridgehead atoms. The van der Waals surface area contributed by atoms with Crippen LogP contribution in [0.4, 0.5) is 4.39 Å². The van der Waals surface area contributed by atoms with Crippen LogP contribution in [0.1, 0.15) is 30.6 Å². The van der Waals surface area contributed by atoms with Crippen molar-refractivity contribution in [2.24, 2.45) is 5.73 Å². The zero-order valence-electron chi connectivity index (χ0n) is 10.8. The topological polar surface area (TPSA) is 46.3 Å². The van der Waals surface area contributed by atoms with E-state index in [0.29, 0.717) is 18.0 Å². The molecule has 1 rings (SSSR count). The monoisotopic (exact) mass is 302 g/mol. The summed E-state index contributed by atoms with van der Waals surface area (Å²) < 4.78 is 13.8. The summed E-state index contributed by atoms with van der Waals surface area (Å²) in [6.07, 6.45) is 0.404. The first-order valence-electron chi connectivity index (χ1n) is 5.88. The average molecular weight is 303 g/mol. The Morgan fingerprint density at radius 3 is 2.68 bits per heavy atom. The highest BCUT2D eigenvalue weighted by molar-refractivity contribution is 7.80. The maximum absolute atomic E-state index is 13.8. The van der Waals surface area contributed by atoms with Gasteiger partial charge in [-0.3, -0.25) is 4.79 Å². The van der Waals surface area contributed by atoms with Gasteiger partial charge in [-0.15, -0.1) is 0 Å². The third-order valence-corrected chi connectivity index (χ3v) is 3.16. The summed E-state index contributed by atoms with van der Waals surface area (Å²) >= 11 is 10.5. The van der Waals surface area contributed by atoms with Crippen LogP contribution >= 0.6 is 23.8 Å². The number of thiocarbonyl (C=S) groups is 1.